The topological polar surface area (TPSA) is 136 Å². The van der Waals surface area contributed by atoms with Crippen LogP contribution in [0.3, 0.4) is 0 Å². The number of amides is 1. The summed E-state index contributed by atoms with van der Waals surface area (Å²) in [4.78, 5) is 41.7. The molecule has 0 radical (unpaired) electrons. The first-order valence-corrected chi connectivity index (χ1v) is 13.5. The number of hydrogen-bond acceptors (Lipinski definition) is 10. The van der Waals surface area contributed by atoms with Gasteiger partial charge in [0.25, 0.3) is 0 Å². The van der Waals surface area contributed by atoms with Crippen LogP contribution in [0.4, 0.5) is 4.79 Å². The van der Waals surface area contributed by atoms with Crippen LogP contribution in [0, 0.1) is 0 Å². The van der Waals surface area contributed by atoms with Crippen molar-refractivity contribution in [3.63, 3.8) is 0 Å². The summed E-state index contributed by atoms with van der Waals surface area (Å²) in [6, 6.07) is 0. The van der Waals surface area contributed by atoms with E-state index in [0.717, 1.165) is 45.1 Å². The third-order valence-electron chi connectivity index (χ3n) is 4.00. The Kier molecular flexibility index (Phi) is 76.9. The number of methoxy groups -OCH3 is 2. The van der Waals surface area contributed by atoms with Crippen molar-refractivity contribution >= 4 is 24.0 Å². The first-order chi connectivity index (χ1) is 18.2. The number of carbonyl (C=O) groups excluding carboxylic acids is 4. The Labute approximate surface area is 260 Å². The first-order valence-electron chi connectivity index (χ1n) is 13.5. The zero-order valence-electron chi connectivity index (χ0n) is 25.2. The normalized spacial score (nSPS) is 8.29. The van der Waals surface area contributed by atoms with E-state index < -0.39 is 6.09 Å². The number of ether oxygens (including phenoxy) is 6. The molecule has 0 heterocycles. The SMILES string of the molecule is C.C.C.C.CCCCOC.CCCCOC(=O)NCCOC(C)=O.CCCCOC(C)=O.CCCCOCC(=O)OC. The number of nitrogens with one attached hydrogen (secondary N) is 1. The molecule has 0 aliphatic rings. The van der Waals surface area contributed by atoms with Crippen LogP contribution in [0.15, 0.2) is 0 Å². The molecule has 42 heavy (non-hydrogen) atoms. The molecule has 0 saturated carbocycles. The van der Waals surface area contributed by atoms with Gasteiger partial charge in [-0.05, 0) is 25.7 Å². The average molecular weight is 618 g/mol. The molecular weight excluding hydrogens is 546 g/mol. The minimum atomic E-state index is -0.467. The predicted octanol–water partition coefficient (Wildman–Crippen LogP) is 7.38. The molecule has 0 bridgehead atoms. The van der Waals surface area contributed by atoms with Crippen molar-refractivity contribution in [2.75, 3.05) is 60.4 Å². The molecule has 0 unspecified atom stereocenters. The number of hydrogen-bond donors (Lipinski definition) is 1. The minimum Gasteiger partial charge on any atom is -0.467 e. The molecule has 0 aromatic rings. The van der Waals surface area contributed by atoms with Crippen LogP contribution in [0.5, 0.6) is 0 Å². The molecule has 11 heteroatoms. The lowest BCUT2D eigenvalue weighted by atomic mass is 10.4. The molecule has 1 amide bonds. The Morgan fingerprint density at radius 2 is 0.976 bits per heavy atom. The first kappa shape index (κ1) is 59.1. The average Bonchev–Trinajstić information content (AvgIpc) is 2.89. The Morgan fingerprint density at radius 3 is 1.36 bits per heavy atom. The third-order valence-corrected chi connectivity index (χ3v) is 4.00. The maximum atomic E-state index is 10.9. The molecule has 11 nitrogen and oxygen atoms in total. The van der Waals surface area contributed by atoms with Crippen molar-refractivity contribution in [2.45, 2.75) is 123 Å². The van der Waals surface area contributed by atoms with Crippen molar-refractivity contribution in [1.82, 2.24) is 5.32 Å². The largest absolute Gasteiger partial charge is 0.467 e. The number of rotatable bonds is 17. The van der Waals surface area contributed by atoms with Crippen molar-refractivity contribution in [2.24, 2.45) is 0 Å². The lowest BCUT2D eigenvalue weighted by molar-refractivity contribution is -0.146. The van der Waals surface area contributed by atoms with Gasteiger partial charge in [0.2, 0.25) is 0 Å². The second-order valence-electron chi connectivity index (χ2n) is 7.78. The Balaban J connectivity index is -0.0000000618. The van der Waals surface area contributed by atoms with E-state index in [2.05, 4.69) is 40.3 Å². The molecule has 0 atom stereocenters. The van der Waals surface area contributed by atoms with E-state index in [4.69, 9.17) is 14.2 Å². The van der Waals surface area contributed by atoms with Gasteiger partial charge in [-0.1, -0.05) is 83.1 Å². The van der Waals surface area contributed by atoms with E-state index in [1.807, 2.05) is 6.92 Å². The van der Waals surface area contributed by atoms with Gasteiger partial charge in [-0.2, -0.15) is 0 Å². The quantitative estimate of drug-likeness (QED) is 0.1000. The number of esters is 3. The van der Waals surface area contributed by atoms with Gasteiger partial charge < -0.3 is 33.7 Å². The maximum Gasteiger partial charge on any atom is 0.407 e. The van der Waals surface area contributed by atoms with Gasteiger partial charge in [0, 0.05) is 34.2 Å². The molecule has 0 aromatic carbocycles. The monoisotopic (exact) mass is 618 g/mol. The van der Waals surface area contributed by atoms with Crippen molar-refractivity contribution in [3.05, 3.63) is 0 Å². The summed E-state index contributed by atoms with van der Waals surface area (Å²) in [6.45, 7) is 14.1. The molecule has 0 saturated heterocycles. The zero-order chi connectivity index (χ0) is 29.9. The van der Waals surface area contributed by atoms with Gasteiger partial charge in [0.15, 0.2) is 0 Å². The van der Waals surface area contributed by atoms with Crippen LogP contribution < -0.4 is 5.32 Å². The van der Waals surface area contributed by atoms with E-state index in [0.29, 0.717) is 19.8 Å². The standard InChI is InChI=1S/C9H17NO4.C7H14O3.C6H12O2.C5H12O.4CH4/c1-3-4-6-14-9(12)10-5-7-13-8(2)11;1-3-4-5-10-6-7(8)9-2;1-3-4-5-8-6(2)7;1-3-4-5-6-2;;;;/h3-7H2,1-2H3,(H,10,12);3-6H2,1-2H3;3-5H2,1-2H3;3-5H2,1-2H3;4*1H4. The third kappa shape index (κ3) is 76.9. The summed E-state index contributed by atoms with van der Waals surface area (Å²) in [5.74, 6) is -0.847. The predicted molar refractivity (Wildman–Crippen MR) is 174 cm³/mol. The fourth-order valence-electron chi connectivity index (χ4n) is 1.82. The molecule has 260 valence electrons. The van der Waals surface area contributed by atoms with Crippen molar-refractivity contribution in [1.29, 1.82) is 0 Å². The molecule has 1 N–H and O–H groups in total. The highest BCUT2D eigenvalue weighted by atomic mass is 16.6. The van der Waals surface area contributed by atoms with Crippen LogP contribution in [-0.4, -0.2) is 84.4 Å². The summed E-state index contributed by atoms with van der Waals surface area (Å²) in [7, 11) is 3.08. The number of alkyl carbamates (subject to hydrolysis) is 1. The van der Waals surface area contributed by atoms with E-state index in [-0.39, 0.29) is 67.4 Å². The van der Waals surface area contributed by atoms with E-state index in [9.17, 15) is 19.2 Å². The molecule has 0 rings (SSSR count). The second kappa shape index (κ2) is 54.6. The highest BCUT2D eigenvalue weighted by Gasteiger charge is 2.00. The van der Waals surface area contributed by atoms with Crippen LogP contribution in [0.2, 0.25) is 0 Å². The van der Waals surface area contributed by atoms with Crippen molar-refractivity contribution < 1.29 is 47.6 Å². The lowest BCUT2D eigenvalue weighted by Gasteiger charge is -2.06. The van der Waals surface area contributed by atoms with Gasteiger partial charge in [-0.15, -0.1) is 0 Å². The summed E-state index contributed by atoms with van der Waals surface area (Å²) in [5.41, 5.74) is 0. The Hall–Kier alpha value is -2.40. The van der Waals surface area contributed by atoms with E-state index >= 15 is 0 Å². The Bertz CT molecular complexity index is 528. The maximum absolute atomic E-state index is 10.9. The summed E-state index contributed by atoms with van der Waals surface area (Å²) in [5, 5.41) is 2.46. The van der Waals surface area contributed by atoms with Gasteiger partial charge in [-0.3, -0.25) is 9.59 Å². The van der Waals surface area contributed by atoms with Gasteiger partial charge in [0.1, 0.15) is 13.2 Å². The molecule has 0 fully saturated rings. The minimum absolute atomic E-state index is 0. The highest BCUT2D eigenvalue weighted by Crippen LogP contribution is 1.89. The highest BCUT2D eigenvalue weighted by molar-refractivity contribution is 5.70. The fourth-order valence-corrected chi connectivity index (χ4v) is 1.82. The van der Waals surface area contributed by atoms with Crippen LogP contribution in [0.1, 0.15) is 123 Å². The van der Waals surface area contributed by atoms with E-state index in [1.165, 1.54) is 33.8 Å². The van der Waals surface area contributed by atoms with Crippen LogP contribution in [-0.2, 0) is 42.8 Å². The van der Waals surface area contributed by atoms with Gasteiger partial charge in [-0.25, -0.2) is 9.59 Å². The molecule has 0 aliphatic heterocycles. The fraction of sp³-hybridized carbons (Fsp3) is 0.871. The lowest BCUT2D eigenvalue weighted by Crippen LogP contribution is -2.28. The van der Waals surface area contributed by atoms with Crippen LogP contribution in [0.25, 0.3) is 0 Å². The Morgan fingerprint density at radius 1 is 0.571 bits per heavy atom. The summed E-state index contributed by atoms with van der Waals surface area (Å²) in [6.07, 6.45) is 7.93. The summed E-state index contributed by atoms with van der Waals surface area (Å²) >= 11 is 0. The molecular formula is C31H71NO10. The van der Waals surface area contributed by atoms with Crippen molar-refractivity contribution in [3.8, 4) is 0 Å². The smallest absolute Gasteiger partial charge is 0.407 e. The molecule has 0 spiro atoms. The molecule has 0 aliphatic carbocycles. The van der Waals surface area contributed by atoms with Crippen LogP contribution >= 0.6 is 0 Å². The van der Waals surface area contributed by atoms with Gasteiger partial charge >= 0.3 is 24.0 Å². The number of carbonyl (C=O) groups is 4. The van der Waals surface area contributed by atoms with Gasteiger partial charge in [0.05, 0.1) is 26.9 Å². The number of unbranched alkanes of at least 4 members (excludes halogenated alkanes) is 4. The zero-order valence-corrected chi connectivity index (χ0v) is 25.2. The second-order valence-corrected chi connectivity index (χ2v) is 7.78. The molecule has 0 aromatic heterocycles. The summed E-state index contributed by atoms with van der Waals surface area (Å²) < 4.78 is 28.2. The van der Waals surface area contributed by atoms with E-state index in [1.54, 1.807) is 7.11 Å².